The average Bonchev–Trinajstić information content (AvgIpc) is 2.68. The molecule has 0 saturated heterocycles. The Balaban J connectivity index is 1.39. The van der Waals surface area contributed by atoms with Crippen molar-refractivity contribution in [3.63, 3.8) is 0 Å². The van der Waals surface area contributed by atoms with E-state index < -0.39 is 0 Å². The summed E-state index contributed by atoms with van der Waals surface area (Å²) in [7, 11) is 0. The number of hydrogen-bond donors (Lipinski definition) is 0. The number of unbranched alkanes of at least 4 members (excludes halogenated alkanes) is 3. The highest BCUT2D eigenvalue weighted by Gasteiger charge is 2.01. The topological polar surface area (TPSA) is 9.23 Å². The summed E-state index contributed by atoms with van der Waals surface area (Å²) >= 11 is 0. The van der Waals surface area contributed by atoms with Crippen molar-refractivity contribution >= 4 is 0 Å². The van der Waals surface area contributed by atoms with Crippen LogP contribution in [0.2, 0.25) is 0 Å². The van der Waals surface area contributed by atoms with Gasteiger partial charge in [-0.3, -0.25) is 0 Å². The van der Waals surface area contributed by atoms with Gasteiger partial charge in [-0.2, -0.15) is 0 Å². The molecule has 0 atom stereocenters. The Hall–Kier alpha value is -2.61. The number of ether oxygens (including phenoxy) is 1. The van der Waals surface area contributed by atoms with Crippen molar-refractivity contribution in [3.8, 4) is 11.5 Å². The van der Waals surface area contributed by atoms with E-state index in [9.17, 15) is 4.39 Å². The highest BCUT2D eigenvalue weighted by atomic mass is 19.1. The third-order valence-electron chi connectivity index (χ3n) is 4.47. The van der Waals surface area contributed by atoms with E-state index in [1.54, 1.807) is 12.1 Å². The number of halogens is 1. The number of benzene rings is 3. The molecule has 0 aliphatic carbocycles. The Kier molecular flexibility index (Phi) is 6.83. The summed E-state index contributed by atoms with van der Waals surface area (Å²) in [5.74, 6) is 1.21. The molecule has 0 aliphatic heterocycles. The first-order valence-corrected chi connectivity index (χ1v) is 9.36. The summed E-state index contributed by atoms with van der Waals surface area (Å²) in [6.45, 7) is 0. The van der Waals surface area contributed by atoms with Gasteiger partial charge in [0.1, 0.15) is 17.3 Å². The minimum Gasteiger partial charge on any atom is -0.457 e. The fraction of sp³-hybridized carbons (Fsp3) is 0.250. The SMILES string of the molecule is Fc1ccc(Oc2cccc(CCCCCCc3ccccc3)c2)cc1. The zero-order valence-electron chi connectivity index (χ0n) is 15.0. The van der Waals surface area contributed by atoms with Crippen molar-refractivity contribution in [2.24, 2.45) is 0 Å². The molecule has 3 aromatic rings. The summed E-state index contributed by atoms with van der Waals surface area (Å²) in [6, 6.07) is 25.0. The van der Waals surface area contributed by atoms with Gasteiger partial charge in [-0.25, -0.2) is 4.39 Å². The van der Waals surface area contributed by atoms with Crippen LogP contribution in [0.15, 0.2) is 78.9 Å². The largest absolute Gasteiger partial charge is 0.457 e. The minimum absolute atomic E-state index is 0.252. The number of hydrogen-bond acceptors (Lipinski definition) is 1. The quantitative estimate of drug-likeness (QED) is 0.380. The fourth-order valence-corrected chi connectivity index (χ4v) is 3.06. The van der Waals surface area contributed by atoms with E-state index in [0.717, 1.165) is 12.2 Å². The molecule has 0 radical (unpaired) electrons. The third-order valence-corrected chi connectivity index (χ3v) is 4.47. The van der Waals surface area contributed by atoms with Crippen LogP contribution < -0.4 is 4.74 Å². The lowest BCUT2D eigenvalue weighted by Gasteiger charge is -2.08. The number of aryl methyl sites for hydroxylation is 2. The van der Waals surface area contributed by atoms with E-state index in [1.165, 1.54) is 55.4 Å². The van der Waals surface area contributed by atoms with Crippen molar-refractivity contribution in [3.05, 3.63) is 95.8 Å². The molecule has 1 nitrogen and oxygen atoms in total. The minimum atomic E-state index is -0.252. The van der Waals surface area contributed by atoms with E-state index in [1.807, 2.05) is 12.1 Å². The van der Waals surface area contributed by atoms with Crippen LogP contribution in [0, 0.1) is 5.82 Å². The van der Waals surface area contributed by atoms with Gasteiger partial charge in [0.15, 0.2) is 0 Å². The van der Waals surface area contributed by atoms with Gasteiger partial charge in [-0.05, 0) is 73.2 Å². The van der Waals surface area contributed by atoms with Gasteiger partial charge >= 0.3 is 0 Å². The molecule has 26 heavy (non-hydrogen) atoms. The van der Waals surface area contributed by atoms with Gasteiger partial charge < -0.3 is 4.74 Å². The molecule has 0 N–H and O–H groups in total. The normalized spacial score (nSPS) is 10.7. The molecule has 0 bridgehead atoms. The van der Waals surface area contributed by atoms with Crippen LogP contribution in [-0.2, 0) is 12.8 Å². The smallest absolute Gasteiger partial charge is 0.127 e. The summed E-state index contributed by atoms with van der Waals surface area (Å²) in [6.07, 6.45) is 7.18. The predicted octanol–water partition coefficient (Wildman–Crippen LogP) is 6.96. The maximum absolute atomic E-state index is 13.0. The first-order chi connectivity index (χ1) is 12.8. The second-order valence-corrected chi connectivity index (χ2v) is 6.60. The van der Waals surface area contributed by atoms with Crippen molar-refractivity contribution in [2.45, 2.75) is 38.5 Å². The van der Waals surface area contributed by atoms with E-state index in [4.69, 9.17) is 4.74 Å². The molecule has 0 aliphatic rings. The molecule has 0 fully saturated rings. The summed E-state index contributed by atoms with van der Waals surface area (Å²) in [4.78, 5) is 0. The third kappa shape index (κ3) is 6.03. The molecule has 0 unspecified atom stereocenters. The van der Waals surface area contributed by atoms with Gasteiger partial charge in [0.05, 0.1) is 0 Å². The van der Waals surface area contributed by atoms with Crippen molar-refractivity contribution < 1.29 is 9.13 Å². The molecule has 3 rings (SSSR count). The number of rotatable bonds is 9. The van der Waals surface area contributed by atoms with E-state index >= 15 is 0 Å². The van der Waals surface area contributed by atoms with Crippen molar-refractivity contribution in [1.29, 1.82) is 0 Å². The highest BCUT2D eigenvalue weighted by molar-refractivity contribution is 5.34. The summed E-state index contributed by atoms with van der Waals surface area (Å²) < 4.78 is 18.8. The first kappa shape index (κ1) is 18.2. The molecule has 0 amide bonds. The van der Waals surface area contributed by atoms with Crippen molar-refractivity contribution in [1.82, 2.24) is 0 Å². The van der Waals surface area contributed by atoms with Crippen LogP contribution in [-0.4, -0.2) is 0 Å². The standard InChI is InChI=1S/C24H25FO/c25-22-15-17-23(18-16-22)26-24-14-8-13-21(19-24)12-5-2-1-4-9-20-10-6-3-7-11-20/h3,6-8,10-11,13-19H,1-2,4-5,9,12H2. The van der Waals surface area contributed by atoms with Crippen LogP contribution in [0.25, 0.3) is 0 Å². The zero-order chi connectivity index (χ0) is 18.0. The first-order valence-electron chi connectivity index (χ1n) is 9.36. The van der Waals surface area contributed by atoms with Gasteiger partial charge in [-0.1, -0.05) is 55.3 Å². The Bertz CT molecular complexity index is 781. The fourth-order valence-electron chi connectivity index (χ4n) is 3.06. The monoisotopic (exact) mass is 348 g/mol. The van der Waals surface area contributed by atoms with Crippen LogP contribution in [0.4, 0.5) is 4.39 Å². The molecule has 2 heteroatoms. The molecule has 0 saturated carbocycles. The second-order valence-electron chi connectivity index (χ2n) is 6.60. The van der Waals surface area contributed by atoms with E-state index in [0.29, 0.717) is 5.75 Å². The van der Waals surface area contributed by atoms with E-state index in [-0.39, 0.29) is 5.82 Å². The Morgan fingerprint density at radius 3 is 1.96 bits per heavy atom. The van der Waals surface area contributed by atoms with Gasteiger partial charge in [0.2, 0.25) is 0 Å². The van der Waals surface area contributed by atoms with Gasteiger partial charge in [0, 0.05) is 0 Å². The lowest BCUT2D eigenvalue weighted by Crippen LogP contribution is -1.90. The van der Waals surface area contributed by atoms with Gasteiger partial charge in [0.25, 0.3) is 0 Å². The van der Waals surface area contributed by atoms with Crippen LogP contribution >= 0.6 is 0 Å². The Labute approximate surface area is 155 Å². The molecular weight excluding hydrogens is 323 g/mol. The molecular formula is C24H25FO. The molecule has 3 aromatic carbocycles. The van der Waals surface area contributed by atoms with Crippen LogP contribution in [0.1, 0.15) is 36.8 Å². The van der Waals surface area contributed by atoms with Crippen LogP contribution in [0.5, 0.6) is 11.5 Å². The maximum Gasteiger partial charge on any atom is 0.127 e. The Morgan fingerprint density at radius 2 is 1.23 bits per heavy atom. The molecule has 134 valence electrons. The summed E-state index contributed by atoms with van der Waals surface area (Å²) in [5.41, 5.74) is 2.71. The molecule has 0 spiro atoms. The average molecular weight is 348 g/mol. The Morgan fingerprint density at radius 1 is 0.577 bits per heavy atom. The zero-order valence-corrected chi connectivity index (χ0v) is 15.0. The highest BCUT2D eigenvalue weighted by Crippen LogP contribution is 2.23. The van der Waals surface area contributed by atoms with E-state index in [2.05, 4.69) is 42.5 Å². The molecule has 0 heterocycles. The van der Waals surface area contributed by atoms with Crippen LogP contribution in [0.3, 0.4) is 0 Å². The predicted molar refractivity (Wildman–Crippen MR) is 105 cm³/mol. The lowest BCUT2D eigenvalue weighted by atomic mass is 10.0. The lowest BCUT2D eigenvalue weighted by molar-refractivity contribution is 0.479. The maximum atomic E-state index is 13.0. The second kappa shape index (κ2) is 9.76. The van der Waals surface area contributed by atoms with Crippen molar-refractivity contribution in [2.75, 3.05) is 0 Å². The molecule has 0 aromatic heterocycles. The van der Waals surface area contributed by atoms with Gasteiger partial charge in [-0.15, -0.1) is 0 Å². The summed E-state index contributed by atoms with van der Waals surface area (Å²) in [5, 5.41) is 0.